The molecule has 1 aliphatic carbocycles. The molecule has 36 heavy (non-hydrogen) atoms. The second-order valence-corrected chi connectivity index (χ2v) is 10.1. The zero-order chi connectivity index (χ0) is 24.6. The number of rotatable bonds is 5. The SMILES string of the molecule is COC(=O)CN(c1nc(-c2ccccc2)c2cc(C)ccc2n1)c1ncnc2sc3c(c12)CCCC3. The molecule has 8 heteroatoms. The van der Waals surface area contributed by atoms with E-state index in [0.717, 1.165) is 57.2 Å². The Balaban J connectivity index is 1.61. The molecule has 2 aromatic carbocycles. The number of nitrogens with zero attached hydrogens (tertiary/aromatic N) is 5. The van der Waals surface area contributed by atoms with Crippen molar-refractivity contribution in [3.05, 3.63) is 70.9 Å². The maximum atomic E-state index is 12.6. The largest absolute Gasteiger partial charge is 0.468 e. The maximum Gasteiger partial charge on any atom is 0.325 e. The van der Waals surface area contributed by atoms with Crippen molar-refractivity contribution >= 4 is 50.2 Å². The summed E-state index contributed by atoms with van der Waals surface area (Å²) in [6.07, 6.45) is 5.91. The molecule has 0 aliphatic heterocycles. The van der Waals surface area contributed by atoms with Crippen molar-refractivity contribution in [2.24, 2.45) is 0 Å². The average Bonchev–Trinajstić information content (AvgIpc) is 3.30. The molecule has 7 nitrogen and oxygen atoms in total. The van der Waals surface area contributed by atoms with Crippen LogP contribution in [0, 0.1) is 6.92 Å². The number of methoxy groups -OCH3 is 1. The number of ether oxygens (including phenoxy) is 1. The Morgan fingerprint density at radius 1 is 1.06 bits per heavy atom. The number of benzene rings is 2. The third kappa shape index (κ3) is 3.97. The molecule has 0 unspecified atom stereocenters. The monoisotopic (exact) mass is 495 g/mol. The van der Waals surface area contributed by atoms with Gasteiger partial charge in [0.05, 0.1) is 23.7 Å². The summed E-state index contributed by atoms with van der Waals surface area (Å²) in [5.41, 5.74) is 5.01. The van der Waals surface area contributed by atoms with Gasteiger partial charge < -0.3 is 4.74 Å². The van der Waals surface area contributed by atoms with Crippen LogP contribution in [0.3, 0.4) is 0 Å². The molecule has 0 N–H and O–H groups in total. The molecule has 3 heterocycles. The van der Waals surface area contributed by atoms with Gasteiger partial charge in [0.2, 0.25) is 5.95 Å². The highest BCUT2D eigenvalue weighted by Crippen LogP contribution is 2.41. The number of hydrogen-bond donors (Lipinski definition) is 0. The molecule has 180 valence electrons. The zero-order valence-electron chi connectivity index (χ0n) is 20.2. The molecule has 3 aromatic heterocycles. The summed E-state index contributed by atoms with van der Waals surface area (Å²) in [5, 5.41) is 1.96. The molecule has 5 aromatic rings. The molecule has 0 fully saturated rings. The molecule has 0 saturated carbocycles. The molecule has 0 atom stereocenters. The topological polar surface area (TPSA) is 81.1 Å². The molecule has 6 rings (SSSR count). The van der Waals surface area contributed by atoms with Crippen LogP contribution in [0.25, 0.3) is 32.4 Å². The molecular formula is C28H25N5O2S. The van der Waals surface area contributed by atoms with Crippen molar-refractivity contribution < 1.29 is 9.53 Å². The number of thiophene rings is 1. The first kappa shape index (κ1) is 22.5. The number of anilines is 2. The van der Waals surface area contributed by atoms with E-state index in [1.807, 2.05) is 42.5 Å². The van der Waals surface area contributed by atoms with Gasteiger partial charge in [0, 0.05) is 15.8 Å². The summed E-state index contributed by atoms with van der Waals surface area (Å²) in [6.45, 7) is 2.00. The lowest BCUT2D eigenvalue weighted by atomic mass is 9.97. The third-order valence-corrected chi connectivity index (χ3v) is 7.83. The quantitative estimate of drug-likeness (QED) is 0.285. The summed E-state index contributed by atoms with van der Waals surface area (Å²) in [4.78, 5) is 35.9. The van der Waals surface area contributed by atoms with Gasteiger partial charge in [-0.05, 0) is 50.3 Å². The van der Waals surface area contributed by atoms with Crippen molar-refractivity contribution in [1.29, 1.82) is 0 Å². The van der Waals surface area contributed by atoms with Crippen LogP contribution in [-0.2, 0) is 22.4 Å². The second-order valence-electron chi connectivity index (χ2n) is 9.01. The minimum Gasteiger partial charge on any atom is -0.468 e. The highest BCUT2D eigenvalue weighted by Gasteiger charge is 2.27. The number of esters is 1. The fourth-order valence-electron chi connectivity index (χ4n) is 4.88. The summed E-state index contributed by atoms with van der Waals surface area (Å²) in [7, 11) is 1.39. The van der Waals surface area contributed by atoms with Crippen molar-refractivity contribution in [2.75, 3.05) is 18.6 Å². The number of aryl methyl sites for hydroxylation is 3. The number of carbonyl (C=O) groups excluding carboxylic acids is 1. The number of fused-ring (bicyclic) bond motifs is 4. The second kappa shape index (κ2) is 9.28. The Morgan fingerprint density at radius 3 is 2.72 bits per heavy atom. The van der Waals surface area contributed by atoms with Crippen LogP contribution in [0.15, 0.2) is 54.9 Å². The summed E-state index contributed by atoms with van der Waals surface area (Å²) >= 11 is 1.72. The first-order chi connectivity index (χ1) is 17.6. The molecule has 0 bridgehead atoms. The van der Waals surface area contributed by atoms with E-state index in [4.69, 9.17) is 14.7 Å². The average molecular weight is 496 g/mol. The van der Waals surface area contributed by atoms with Gasteiger partial charge in [-0.15, -0.1) is 11.3 Å². The minimum absolute atomic E-state index is 0.0567. The smallest absolute Gasteiger partial charge is 0.325 e. The van der Waals surface area contributed by atoms with Gasteiger partial charge in [-0.3, -0.25) is 9.69 Å². The van der Waals surface area contributed by atoms with E-state index in [1.165, 1.54) is 24.0 Å². The Kier molecular flexibility index (Phi) is 5.81. The zero-order valence-corrected chi connectivity index (χ0v) is 21.0. The summed E-state index contributed by atoms with van der Waals surface area (Å²) < 4.78 is 5.07. The Bertz CT molecular complexity index is 1600. The lowest BCUT2D eigenvalue weighted by molar-refractivity contribution is -0.138. The molecule has 0 radical (unpaired) electrons. The van der Waals surface area contributed by atoms with Crippen LogP contribution < -0.4 is 4.90 Å². The van der Waals surface area contributed by atoms with E-state index in [2.05, 4.69) is 23.0 Å². The van der Waals surface area contributed by atoms with E-state index in [1.54, 1.807) is 22.6 Å². The van der Waals surface area contributed by atoms with Crippen LogP contribution >= 0.6 is 11.3 Å². The van der Waals surface area contributed by atoms with Crippen molar-refractivity contribution in [3.8, 4) is 11.3 Å². The van der Waals surface area contributed by atoms with E-state index >= 15 is 0 Å². The van der Waals surface area contributed by atoms with Gasteiger partial charge in [-0.2, -0.15) is 0 Å². The van der Waals surface area contributed by atoms with Gasteiger partial charge in [-0.1, -0.05) is 42.0 Å². The van der Waals surface area contributed by atoms with Crippen LogP contribution in [-0.4, -0.2) is 39.6 Å². The molecule has 0 spiro atoms. The van der Waals surface area contributed by atoms with E-state index in [0.29, 0.717) is 11.8 Å². The molecule has 0 saturated heterocycles. The normalized spacial score (nSPS) is 13.1. The molecule has 1 aliphatic rings. The van der Waals surface area contributed by atoms with Crippen molar-refractivity contribution in [3.63, 3.8) is 0 Å². The van der Waals surface area contributed by atoms with Crippen LogP contribution in [0.5, 0.6) is 0 Å². The van der Waals surface area contributed by atoms with Crippen LogP contribution in [0.1, 0.15) is 28.8 Å². The van der Waals surface area contributed by atoms with E-state index in [9.17, 15) is 4.79 Å². The number of hydrogen-bond acceptors (Lipinski definition) is 8. The summed E-state index contributed by atoms with van der Waals surface area (Å²) in [6, 6.07) is 16.2. The van der Waals surface area contributed by atoms with Crippen LogP contribution in [0.2, 0.25) is 0 Å². The van der Waals surface area contributed by atoms with Gasteiger partial charge >= 0.3 is 5.97 Å². The third-order valence-electron chi connectivity index (χ3n) is 6.63. The Labute approximate surface area is 212 Å². The first-order valence-electron chi connectivity index (χ1n) is 12.1. The van der Waals surface area contributed by atoms with E-state index < -0.39 is 0 Å². The van der Waals surface area contributed by atoms with Crippen molar-refractivity contribution in [1.82, 2.24) is 19.9 Å². The molecular weight excluding hydrogens is 470 g/mol. The predicted molar refractivity (Wildman–Crippen MR) is 143 cm³/mol. The van der Waals surface area contributed by atoms with Crippen molar-refractivity contribution in [2.45, 2.75) is 32.6 Å². The highest BCUT2D eigenvalue weighted by atomic mass is 32.1. The number of aromatic nitrogens is 4. The minimum atomic E-state index is -0.389. The first-order valence-corrected chi connectivity index (χ1v) is 12.9. The fraction of sp³-hybridized carbons (Fsp3) is 0.250. The van der Waals surface area contributed by atoms with Crippen LogP contribution in [0.4, 0.5) is 11.8 Å². The van der Waals surface area contributed by atoms with Gasteiger partial charge in [0.25, 0.3) is 0 Å². The fourth-order valence-corrected chi connectivity index (χ4v) is 6.10. The lowest BCUT2D eigenvalue weighted by Gasteiger charge is -2.23. The van der Waals surface area contributed by atoms with E-state index in [-0.39, 0.29) is 12.5 Å². The molecule has 0 amide bonds. The van der Waals surface area contributed by atoms with Gasteiger partial charge in [-0.25, -0.2) is 19.9 Å². The maximum absolute atomic E-state index is 12.6. The highest BCUT2D eigenvalue weighted by molar-refractivity contribution is 7.19. The van der Waals surface area contributed by atoms with Gasteiger partial charge in [0.1, 0.15) is 23.5 Å². The predicted octanol–water partition coefficient (Wildman–Crippen LogP) is 5.80. The number of carbonyl (C=O) groups is 1. The lowest BCUT2D eigenvalue weighted by Crippen LogP contribution is -2.29. The van der Waals surface area contributed by atoms with Gasteiger partial charge in [0.15, 0.2) is 0 Å². The standard InChI is InChI=1S/C28H25N5O2S/c1-17-12-13-21-20(14-17)25(18-8-4-3-5-9-18)32-28(31-21)33(15-23(34)35-2)26-24-19-10-6-7-11-22(19)36-27(24)30-16-29-26/h3-5,8-9,12-14,16H,6-7,10-11,15H2,1-2H3. The Morgan fingerprint density at radius 2 is 1.89 bits per heavy atom. The summed E-state index contributed by atoms with van der Waals surface area (Å²) in [5.74, 6) is 0.668. The Hall–Kier alpha value is -3.91.